The van der Waals surface area contributed by atoms with Crippen molar-refractivity contribution in [2.45, 2.75) is 65.4 Å². The van der Waals surface area contributed by atoms with Crippen molar-refractivity contribution in [1.29, 1.82) is 0 Å². The lowest BCUT2D eigenvalue weighted by Gasteiger charge is -2.19. The van der Waals surface area contributed by atoms with E-state index in [1.54, 1.807) is 0 Å². The zero-order valence-corrected chi connectivity index (χ0v) is 12.2. The van der Waals surface area contributed by atoms with Gasteiger partial charge in [-0.15, -0.1) is 0 Å². The summed E-state index contributed by atoms with van der Waals surface area (Å²) in [5, 5.41) is 10.3. The highest BCUT2D eigenvalue weighted by atomic mass is 16.3. The number of unbranched alkanes of at least 4 members (excludes halogenated alkanes) is 2. The van der Waals surface area contributed by atoms with Gasteiger partial charge in [0.05, 0.1) is 6.10 Å². The van der Waals surface area contributed by atoms with E-state index in [-0.39, 0.29) is 6.10 Å². The molecule has 0 radical (unpaired) electrons. The fraction of sp³-hybridized carbons (Fsp3) is 0.647. The lowest BCUT2D eigenvalue weighted by atomic mass is 9.92. The van der Waals surface area contributed by atoms with Crippen LogP contribution in [0.15, 0.2) is 24.3 Å². The van der Waals surface area contributed by atoms with E-state index in [0.717, 1.165) is 18.4 Å². The fourth-order valence-electron chi connectivity index (χ4n) is 2.27. The van der Waals surface area contributed by atoms with Crippen LogP contribution >= 0.6 is 0 Å². The van der Waals surface area contributed by atoms with E-state index in [2.05, 4.69) is 45.0 Å². The molecule has 1 aromatic carbocycles. The zero-order valence-electron chi connectivity index (χ0n) is 12.2. The molecule has 0 spiro atoms. The van der Waals surface area contributed by atoms with Crippen molar-refractivity contribution in [3.8, 4) is 0 Å². The average Bonchev–Trinajstić information content (AvgIpc) is 2.42. The van der Waals surface area contributed by atoms with Crippen molar-refractivity contribution in [3.05, 3.63) is 35.4 Å². The van der Waals surface area contributed by atoms with E-state index in [9.17, 15) is 5.11 Å². The summed E-state index contributed by atoms with van der Waals surface area (Å²) in [5.41, 5.74) is 2.45. The third-order valence-electron chi connectivity index (χ3n) is 3.69. The van der Waals surface area contributed by atoms with E-state index < -0.39 is 0 Å². The van der Waals surface area contributed by atoms with Crippen LogP contribution in [0.4, 0.5) is 0 Å². The standard InChI is InChI=1S/C17H28O/c1-4-6-8-14(3)17(18)16-12-10-15(11-13-16)9-7-5-2/h10-14,17-18H,4-9H2,1-3H3. The Morgan fingerprint density at radius 3 is 2.17 bits per heavy atom. The highest BCUT2D eigenvalue weighted by Crippen LogP contribution is 2.26. The van der Waals surface area contributed by atoms with Gasteiger partial charge in [-0.05, 0) is 36.3 Å². The van der Waals surface area contributed by atoms with E-state index >= 15 is 0 Å². The van der Waals surface area contributed by atoms with E-state index in [4.69, 9.17) is 0 Å². The molecule has 2 unspecified atom stereocenters. The van der Waals surface area contributed by atoms with Crippen LogP contribution in [-0.4, -0.2) is 5.11 Å². The molecule has 2 atom stereocenters. The number of benzene rings is 1. The second-order valence-corrected chi connectivity index (χ2v) is 5.41. The molecule has 18 heavy (non-hydrogen) atoms. The summed E-state index contributed by atoms with van der Waals surface area (Å²) >= 11 is 0. The van der Waals surface area contributed by atoms with Gasteiger partial charge in [0.25, 0.3) is 0 Å². The molecule has 0 fully saturated rings. The molecule has 0 aromatic heterocycles. The summed E-state index contributed by atoms with van der Waals surface area (Å²) in [4.78, 5) is 0. The Hall–Kier alpha value is -0.820. The molecule has 1 rings (SSSR count). The Labute approximate surface area is 112 Å². The molecule has 0 aliphatic rings. The minimum atomic E-state index is -0.309. The number of aliphatic hydroxyl groups excluding tert-OH is 1. The number of hydrogen-bond donors (Lipinski definition) is 1. The molecule has 0 saturated heterocycles. The van der Waals surface area contributed by atoms with Gasteiger partial charge < -0.3 is 5.11 Å². The van der Waals surface area contributed by atoms with Crippen LogP contribution in [0, 0.1) is 5.92 Å². The molecule has 0 amide bonds. The smallest absolute Gasteiger partial charge is 0.0815 e. The van der Waals surface area contributed by atoms with Gasteiger partial charge in [0, 0.05) is 0 Å². The largest absolute Gasteiger partial charge is 0.388 e. The monoisotopic (exact) mass is 248 g/mol. The molecule has 0 aliphatic heterocycles. The average molecular weight is 248 g/mol. The van der Waals surface area contributed by atoms with Gasteiger partial charge in [0.2, 0.25) is 0 Å². The van der Waals surface area contributed by atoms with Gasteiger partial charge in [0.15, 0.2) is 0 Å². The molecule has 0 aliphatic carbocycles. The summed E-state index contributed by atoms with van der Waals surface area (Å²) in [6.07, 6.45) is 6.83. The van der Waals surface area contributed by atoms with Crippen LogP contribution in [0.3, 0.4) is 0 Å². The molecular weight excluding hydrogens is 220 g/mol. The summed E-state index contributed by atoms with van der Waals surface area (Å²) in [6, 6.07) is 8.53. The first kappa shape index (κ1) is 15.2. The minimum absolute atomic E-state index is 0.309. The normalized spacial score (nSPS) is 14.4. The third-order valence-corrected chi connectivity index (χ3v) is 3.69. The first-order valence-corrected chi connectivity index (χ1v) is 7.45. The van der Waals surface area contributed by atoms with Gasteiger partial charge in [-0.3, -0.25) is 0 Å². The molecular formula is C17H28O. The first-order valence-electron chi connectivity index (χ1n) is 7.45. The van der Waals surface area contributed by atoms with Crippen LogP contribution in [0.25, 0.3) is 0 Å². The highest BCUT2D eigenvalue weighted by molar-refractivity contribution is 5.24. The number of rotatable bonds is 8. The second-order valence-electron chi connectivity index (χ2n) is 5.41. The van der Waals surface area contributed by atoms with Crippen LogP contribution in [0.1, 0.15) is 70.1 Å². The van der Waals surface area contributed by atoms with Crippen LogP contribution in [0.5, 0.6) is 0 Å². The molecule has 0 heterocycles. The molecule has 102 valence electrons. The van der Waals surface area contributed by atoms with Gasteiger partial charge in [0.1, 0.15) is 0 Å². The predicted octanol–water partition coefficient (Wildman–Crippen LogP) is 4.89. The van der Waals surface area contributed by atoms with E-state index in [1.165, 1.54) is 31.2 Å². The number of hydrogen-bond acceptors (Lipinski definition) is 1. The zero-order chi connectivity index (χ0) is 13.4. The highest BCUT2D eigenvalue weighted by Gasteiger charge is 2.15. The third kappa shape index (κ3) is 4.81. The maximum absolute atomic E-state index is 10.3. The SMILES string of the molecule is CCCCc1ccc(C(O)C(C)CCCC)cc1. The van der Waals surface area contributed by atoms with E-state index in [0.29, 0.717) is 5.92 Å². The maximum atomic E-state index is 10.3. The first-order chi connectivity index (χ1) is 8.69. The predicted molar refractivity (Wildman–Crippen MR) is 78.7 cm³/mol. The van der Waals surface area contributed by atoms with Crippen molar-refractivity contribution < 1.29 is 5.11 Å². The minimum Gasteiger partial charge on any atom is -0.388 e. The Morgan fingerprint density at radius 2 is 1.61 bits per heavy atom. The van der Waals surface area contributed by atoms with Crippen molar-refractivity contribution in [3.63, 3.8) is 0 Å². The molecule has 0 saturated carbocycles. The molecule has 1 heteroatoms. The number of aryl methyl sites for hydroxylation is 1. The fourth-order valence-corrected chi connectivity index (χ4v) is 2.27. The van der Waals surface area contributed by atoms with Crippen molar-refractivity contribution in [2.24, 2.45) is 5.92 Å². The molecule has 1 aromatic rings. The van der Waals surface area contributed by atoms with Crippen molar-refractivity contribution in [2.75, 3.05) is 0 Å². The Morgan fingerprint density at radius 1 is 1.00 bits per heavy atom. The Bertz CT molecular complexity index is 315. The number of aliphatic hydroxyl groups is 1. The lowest BCUT2D eigenvalue weighted by molar-refractivity contribution is 0.111. The van der Waals surface area contributed by atoms with Crippen molar-refractivity contribution in [1.82, 2.24) is 0 Å². The van der Waals surface area contributed by atoms with Crippen LogP contribution in [-0.2, 0) is 6.42 Å². The molecule has 1 nitrogen and oxygen atoms in total. The van der Waals surface area contributed by atoms with Crippen LogP contribution < -0.4 is 0 Å². The van der Waals surface area contributed by atoms with Gasteiger partial charge in [-0.1, -0.05) is 64.3 Å². The molecule has 0 bridgehead atoms. The van der Waals surface area contributed by atoms with Gasteiger partial charge in [-0.25, -0.2) is 0 Å². The van der Waals surface area contributed by atoms with Crippen LogP contribution in [0.2, 0.25) is 0 Å². The Balaban J connectivity index is 2.55. The van der Waals surface area contributed by atoms with Gasteiger partial charge in [-0.2, -0.15) is 0 Å². The summed E-state index contributed by atoms with van der Waals surface area (Å²) in [7, 11) is 0. The quantitative estimate of drug-likeness (QED) is 0.694. The lowest BCUT2D eigenvalue weighted by Crippen LogP contribution is -2.09. The van der Waals surface area contributed by atoms with Gasteiger partial charge >= 0.3 is 0 Å². The topological polar surface area (TPSA) is 20.2 Å². The Kier molecular flexibility index (Phi) is 7.04. The van der Waals surface area contributed by atoms with Crippen molar-refractivity contribution >= 4 is 0 Å². The van der Waals surface area contributed by atoms with E-state index in [1.807, 2.05) is 0 Å². The maximum Gasteiger partial charge on any atom is 0.0815 e. The summed E-state index contributed by atoms with van der Waals surface area (Å²) < 4.78 is 0. The summed E-state index contributed by atoms with van der Waals surface area (Å²) in [5.74, 6) is 0.353. The second kappa shape index (κ2) is 8.31. The molecule has 1 N–H and O–H groups in total. The summed E-state index contributed by atoms with van der Waals surface area (Å²) in [6.45, 7) is 6.56.